The Bertz CT molecular complexity index is 536. The summed E-state index contributed by atoms with van der Waals surface area (Å²) in [6.45, 7) is 7.17. The van der Waals surface area contributed by atoms with Gasteiger partial charge in [0, 0.05) is 6.42 Å². The lowest BCUT2D eigenvalue weighted by Gasteiger charge is -2.59. The summed E-state index contributed by atoms with van der Waals surface area (Å²) in [5.74, 6) is 2.87. The molecule has 0 aromatic rings. The van der Waals surface area contributed by atoms with Gasteiger partial charge in [-0.2, -0.15) is 0 Å². The van der Waals surface area contributed by atoms with Gasteiger partial charge >= 0.3 is 0 Å². The molecule has 4 aliphatic carbocycles. The highest BCUT2D eigenvalue weighted by Crippen LogP contribution is 2.66. The van der Waals surface area contributed by atoms with Crippen molar-refractivity contribution < 1.29 is 9.90 Å². The highest BCUT2D eigenvalue weighted by molar-refractivity contribution is 5.91. The largest absolute Gasteiger partial charge is 0.393 e. The first-order chi connectivity index (χ1) is 10.4. The monoisotopic (exact) mass is 302 g/mol. The molecule has 122 valence electrons. The fourth-order valence-corrected chi connectivity index (χ4v) is 6.94. The molecule has 0 amide bonds. The van der Waals surface area contributed by atoms with Crippen molar-refractivity contribution in [3.05, 3.63) is 11.6 Å². The van der Waals surface area contributed by atoms with Crippen LogP contribution in [-0.2, 0) is 4.79 Å². The smallest absolute Gasteiger partial charge is 0.155 e. The van der Waals surface area contributed by atoms with Gasteiger partial charge in [0.25, 0.3) is 0 Å². The molecular weight excluding hydrogens is 272 g/mol. The van der Waals surface area contributed by atoms with Crippen LogP contribution < -0.4 is 0 Å². The van der Waals surface area contributed by atoms with Crippen LogP contribution in [0.2, 0.25) is 0 Å². The predicted molar refractivity (Wildman–Crippen MR) is 87.3 cm³/mol. The highest BCUT2D eigenvalue weighted by atomic mass is 16.3. The molecule has 0 aliphatic heterocycles. The fourth-order valence-electron chi connectivity index (χ4n) is 6.94. The molecule has 0 heterocycles. The van der Waals surface area contributed by atoms with E-state index in [9.17, 15) is 9.90 Å². The molecule has 7 unspecified atom stereocenters. The Balaban J connectivity index is 1.74. The Morgan fingerprint density at radius 3 is 2.73 bits per heavy atom. The molecule has 0 aromatic heterocycles. The van der Waals surface area contributed by atoms with Crippen molar-refractivity contribution in [2.24, 2.45) is 34.5 Å². The summed E-state index contributed by atoms with van der Waals surface area (Å²) in [4.78, 5) is 11.8. The molecule has 4 rings (SSSR count). The third kappa shape index (κ3) is 1.79. The molecule has 4 aliphatic rings. The van der Waals surface area contributed by atoms with E-state index in [1.165, 1.54) is 24.8 Å². The number of hydrogen-bond donors (Lipinski definition) is 1. The van der Waals surface area contributed by atoms with Crippen molar-refractivity contribution in [3.63, 3.8) is 0 Å². The van der Waals surface area contributed by atoms with E-state index in [4.69, 9.17) is 0 Å². The van der Waals surface area contributed by atoms with Crippen molar-refractivity contribution in [1.82, 2.24) is 0 Å². The minimum absolute atomic E-state index is 0.0728. The second-order valence-electron chi connectivity index (χ2n) is 9.14. The second-order valence-corrected chi connectivity index (χ2v) is 9.14. The van der Waals surface area contributed by atoms with Crippen molar-refractivity contribution in [3.8, 4) is 0 Å². The van der Waals surface area contributed by atoms with Crippen LogP contribution in [0.1, 0.15) is 65.7 Å². The van der Waals surface area contributed by atoms with Crippen LogP contribution in [-0.4, -0.2) is 17.0 Å². The lowest BCUT2D eigenvalue weighted by atomic mass is 9.46. The second kappa shape index (κ2) is 4.69. The first-order valence-corrected chi connectivity index (χ1v) is 9.28. The van der Waals surface area contributed by atoms with E-state index in [0.717, 1.165) is 31.1 Å². The summed E-state index contributed by atoms with van der Waals surface area (Å²) < 4.78 is 0. The van der Waals surface area contributed by atoms with Crippen LogP contribution in [0.3, 0.4) is 0 Å². The van der Waals surface area contributed by atoms with Crippen LogP contribution in [0.25, 0.3) is 0 Å². The van der Waals surface area contributed by atoms with E-state index in [2.05, 4.69) is 20.8 Å². The first-order valence-electron chi connectivity index (χ1n) is 9.28. The molecule has 1 N–H and O–H groups in total. The lowest BCUT2D eigenvalue weighted by Crippen LogP contribution is -2.56. The summed E-state index contributed by atoms with van der Waals surface area (Å²) in [5, 5.41) is 11.1. The van der Waals surface area contributed by atoms with Gasteiger partial charge in [0.15, 0.2) is 5.78 Å². The number of aliphatic hydroxyl groups is 1. The Morgan fingerprint density at radius 1 is 1.18 bits per heavy atom. The Kier molecular flexibility index (Phi) is 3.18. The third-order valence-corrected chi connectivity index (χ3v) is 8.37. The number of carbonyl (C=O) groups is 1. The molecular formula is C20H30O2. The van der Waals surface area contributed by atoms with Crippen LogP contribution in [0, 0.1) is 34.5 Å². The molecule has 0 saturated heterocycles. The van der Waals surface area contributed by atoms with E-state index in [1.54, 1.807) is 0 Å². The van der Waals surface area contributed by atoms with E-state index < -0.39 is 0 Å². The van der Waals surface area contributed by atoms with Crippen molar-refractivity contribution in [1.29, 1.82) is 0 Å². The molecule has 2 nitrogen and oxygen atoms in total. The normalized spacial score (nSPS) is 54.3. The number of aliphatic hydroxyl groups excluding tert-OH is 1. The maximum atomic E-state index is 11.8. The molecule has 0 spiro atoms. The molecule has 0 aromatic carbocycles. The number of carbonyl (C=O) groups excluding carboxylic acids is 1. The number of allylic oxidation sites excluding steroid dienone is 1. The van der Waals surface area contributed by atoms with Crippen molar-refractivity contribution >= 4 is 5.78 Å². The summed E-state index contributed by atoms with van der Waals surface area (Å²) in [7, 11) is 0. The van der Waals surface area contributed by atoms with Gasteiger partial charge in [0.05, 0.1) is 6.10 Å². The van der Waals surface area contributed by atoms with Gasteiger partial charge in [0.1, 0.15) is 0 Å². The zero-order valence-electron chi connectivity index (χ0n) is 14.3. The summed E-state index contributed by atoms with van der Waals surface area (Å²) in [6.07, 6.45) is 9.28. The SMILES string of the molecule is CC1CCC2C3CCC4=CC(=O)CCC4(C)C3C(O)CC12C. The molecule has 22 heavy (non-hydrogen) atoms. The summed E-state index contributed by atoms with van der Waals surface area (Å²) >= 11 is 0. The van der Waals surface area contributed by atoms with Gasteiger partial charge in [-0.15, -0.1) is 0 Å². The van der Waals surface area contributed by atoms with Crippen LogP contribution in [0.4, 0.5) is 0 Å². The number of hydrogen-bond acceptors (Lipinski definition) is 2. The topological polar surface area (TPSA) is 37.3 Å². The van der Waals surface area contributed by atoms with Gasteiger partial charge in [-0.25, -0.2) is 0 Å². The zero-order chi connectivity index (χ0) is 15.7. The molecule has 7 atom stereocenters. The van der Waals surface area contributed by atoms with Crippen molar-refractivity contribution in [2.75, 3.05) is 0 Å². The van der Waals surface area contributed by atoms with Crippen molar-refractivity contribution in [2.45, 2.75) is 71.8 Å². The van der Waals surface area contributed by atoms with Gasteiger partial charge in [-0.1, -0.05) is 26.3 Å². The molecule has 3 saturated carbocycles. The highest BCUT2D eigenvalue weighted by Gasteiger charge is 2.61. The zero-order valence-corrected chi connectivity index (χ0v) is 14.3. The minimum Gasteiger partial charge on any atom is -0.393 e. The van der Waals surface area contributed by atoms with Gasteiger partial charge in [-0.05, 0) is 79.1 Å². The van der Waals surface area contributed by atoms with Gasteiger partial charge in [0.2, 0.25) is 0 Å². The average molecular weight is 302 g/mol. The molecule has 3 fully saturated rings. The van der Waals surface area contributed by atoms with Gasteiger partial charge < -0.3 is 5.11 Å². The third-order valence-electron chi connectivity index (χ3n) is 8.37. The Hall–Kier alpha value is -0.630. The first kappa shape index (κ1) is 14.9. The number of ketones is 1. The number of rotatable bonds is 0. The van der Waals surface area contributed by atoms with Gasteiger partial charge in [-0.3, -0.25) is 4.79 Å². The average Bonchev–Trinajstić information content (AvgIpc) is 2.75. The summed E-state index contributed by atoms with van der Waals surface area (Å²) in [5.41, 5.74) is 1.75. The van der Waals surface area contributed by atoms with E-state index in [1.807, 2.05) is 6.08 Å². The maximum Gasteiger partial charge on any atom is 0.155 e. The van der Waals surface area contributed by atoms with E-state index in [0.29, 0.717) is 29.5 Å². The summed E-state index contributed by atoms with van der Waals surface area (Å²) in [6, 6.07) is 0. The fraction of sp³-hybridized carbons (Fsp3) is 0.850. The molecule has 0 radical (unpaired) electrons. The van der Waals surface area contributed by atoms with E-state index in [-0.39, 0.29) is 11.5 Å². The van der Waals surface area contributed by atoms with Crippen LogP contribution >= 0.6 is 0 Å². The quantitative estimate of drug-likeness (QED) is 0.730. The lowest BCUT2D eigenvalue weighted by molar-refractivity contribution is -0.132. The predicted octanol–water partition coefficient (Wildman–Crippen LogP) is 4.13. The Morgan fingerprint density at radius 2 is 1.95 bits per heavy atom. The maximum absolute atomic E-state index is 11.8. The number of fused-ring (bicyclic) bond motifs is 5. The van der Waals surface area contributed by atoms with Crippen LogP contribution in [0.15, 0.2) is 11.6 Å². The van der Waals surface area contributed by atoms with E-state index >= 15 is 0 Å². The molecule has 2 heteroatoms. The standard InChI is InChI=1S/C20H30O2/c1-12-4-7-16-15-6-5-13-10-14(21)8-9-19(13,2)18(15)17(22)11-20(12,16)3/h10,12,15-18,22H,4-9,11H2,1-3H3. The minimum atomic E-state index is -0.186. The Labute approximate surface area is 134 Å². The van der Waals surface area contributed by atoms with Crippen LogP contribution in [0.5, 0.6) is 0 Å². The molecule has 0 bridgehead atoms.